The van der Waals surface area contributed by atoms with E-state index in [0.29, 0.717) is 0 Å². The minimum Gasteiger partial charge on any atom is -0.394 e. The first-order chi connectivity index (χ1) is 11.2. The van der Waals surface area contributed by atoms with Crippen LogP contribution < -0.4 is 0 Å². The maximum Gasteiger partial charge on any atom is 0.226 e. The van der Waals surface area contributed by atoms with Gasteiger partial charge in [0.05, 0.1) is 18.8 Å². The second kappa shape index (κ2) is 8.53. The quantitative estimate of drug-likeness (QED) is 0.254. The first-order valence-corrected chi connectivity index (χ1v) is 7.89. The maximum absolute atomic E-state index is 10.6. The van der Waals surface area contributed by atoms with Gasteiger partial charge in [-0.05, 0) is 13.3 Å². The number of rotatable bonds is 4. The van der Waals surface area contributed by atoms with Gasteiger partial charge in [-0.3, -0.25) is 0 Å². The molecule has 2 saturated heterocycles. The molecule has 0 radical (unpaired) electrons. The molecule has 0 aliphatic carbocycles. The summed E-state index contributed by atoms with van der Waals surface area (Å²) >= 11 is 0. The van der Waals surface area contributed by atoms with Crippen LogP contribution >= 0.6 is 0 Å². The topological polar surface area (TPSA) is 169 Å². The van der Waals surface area contributed by atoms with Crippen molar-refractivity contribution >= 4 is 0 Å². The van der Waals surface area contributed by atoms with Crippen LogP contribution in [0.3, 0.4) is 0 Å². The summed E-state index contributed by atoms with van der Waals surface area (Å²) in [5, 5.41) is 69.9. The molecule has 10 nitrogen and oxygen atoms in total. The molecule has 2 fully saturated rings. The fourth-order valence-corrected chi connectivity index (χ4v) is 3.02. The fraction of sp³-hybridized carbons (Fsp3) is 1.00. The number of hydrogen-bond acceptors (Lipinski definition) is 10. The smallest absolute Gasteiger partial charge is 0.226 e. The first kappa shape index (κ1) is 22.6. The molecule has 0 aromatic heterocycles. The summed E-state index contributed by atoms with van der Waals surface area (Å²) in [4.78, 5) is 0. The van der Waals surface area contributed by atoms with Crippen LogP contribution in [0.25, 0.3) is 0 Å². The van der Waals surface area contributed by atoms with Gasteiger partial charge in [0, 0.05) is 0 Å². The summed E-state index contributed by atoms with van der Waals surface area (Å²) in [5.74, 6) is -2.61. The van der Waals surface area contributed by atoms with Gasteiger partial charge in [-0.15, -0.1) is 0 Å². The third-order valence-electron chi connectivity index (χ3n) is 4.59. The number of aliphatic hydroxyl groups is 7. The number of aliphatic hydroxyl groups excluding tert-OH is 6. The van der Waals surface area contributed by atoms with Gasteiger partial charge in [-0.25, -0.2) is 0 Å². The normalized spacial score (nSPS) is 51.0. The van der Waals surface area contributed by atoms with Crippen molar-refractivity contribution in [1.29, 1.82) is 0 Å². The second-order valence-electron chi connectivity index (χ2n) is 6.24. The van der Waals surface area contributed by atoms with Crippen molar-refractivity contribution < 1.29 is 50.0 Å². The molecule has 0 aromatic carbocycles. The van der Waals surface area contributed by atoms with Gasteiger partial charge in [0.1, 0.15) is 36.6 Å². The Labute approximate surface area is 146 Å². The SMILES string of the molecule is C.CCC1O[C@@H](O[C@@]2(O)C(O)[C@H](C)OC(CO)[C@H]2O)C(O)[C@H](O)[C@@H]1O. The third-order valence-corrected chi connectivity index (χ3v) is 4.59. The van der Waals surface area contributed by atoms with E-state index in [4.69, 9.17) is 14.2 Å². The zero-order chi connectivity index (χ0) is 18.2. The Kier molecular flexibility index (Phi) is 7.72. The van der Waals surface area contributed by atoms with E-state index in [2.05, 4.69) is 0 Å². The van der Waals surface area contributed by atoms with Crippen molar-refractivity contribution in [3.05, 3.63) is 0 Å². The molecule has 0 aromatic rings. The molecular formula is C15H30O10. The van der Waals surface area contributed by atoms with Crippen LogP contribution in [0.2, 0.25) is 0 Å². The molecule has 2 aliphatic heterocycles. The van der Waals surface area contributed by atoms with E-state index in [0.717, 1.165) is 0 Å². The average molecular weight is 370 g/mol. The van der Waals surface area contributed by atoms with Crippen molar-refractivity contribution in [3.8, 4) is 0 Å². The van der Waals surface area contributed by atoms with E-state index in [1.807, 2.05) is 0 Å². The summed E-state index contributed by atoms with van der Waals surface area (Å²) < 4.78 is 15.7. The molecule has 2 rings (SSSR count). The summed E-state index contributed by atoms with van der Waals surface area (Å²) in [6.07, 6.45) is -12.7. The highest BCUT2D eigenvalue weighted by molar-refractivity contribution is 4.99. The van der Waals surface area contributed by atoms with Gasteiger partial charge < -0.3 is 50.0 Å². The summed E-state index contributed by atoms with van der Waals surface area (Å²) in [6, 6.07) is 0. The van der Waals surface area contributed by atoms with Crippen molar-refractivity contribution in [1.82, 2.24) is 0 Å². The Bertz CT molecular complexity index is 421. The first-order valence-electron chi connectivity index (χ1n) is 7.89. The highest BCUT2D eigenvalue weighted by Gasteiger charge is 2.58. The lowest BCUT2D eigenvalue weighted by Gasteiger charge is -2.49. The maximum atomic E-state index is 10.6. The Morgan fingerprint density at radius 2 is 1.52 bits per heavy atom. The summed E-state index contributed by atoms with van der Waals surface area (Å²) in [7, 11) is 0. The van der Waals surface area contributed by atoms with Crippen LogP contribution in [-0.4, -0.2) is 103 Å². The molecule has 150 valence electrons. The van der Waals surface area contributed by atoms with Gasteiger partial charge in [-0.2, -0.15) is 0 Å². The van der Waals surface area contributed by atoms with Crippen molar-refractivity contribution in [2.45, 2.75) is 88.6 Å². The Balaban J connectivity index is 0.00000312. The molecular weight excluding hydrogens is 340 g/mol. The predicted octanol–water partition coefficient (Wildman–Crippen LogP) is -2.95. The Morgan fingerprint density at radius 1 is 0.920 bits per heavy atom. The standard InChI is InChI=1S/C14H26O10.CH4/c1-3-6-8(16)9(17)10(18)13(23-6)24-14(21)11(19)5(2)22-7(4-15)12(14)20;/h5-13,15-21H,3-4H2,1-2H3;1H4/t5-,6?,7?,8+,9+,10?,11?,12+,13-,14-;/m0./s1. The van der Waals surface area contributed by atoms with Crippen molar-refractivity contribution in [2.24, 2.45) is 0 Å². The van der Waals surface area contributed by atoms with E-state index < -0.39 is 67.5 Å². The van der Waals surface area contributed by atoms with Crippen LogP contribution in [0.1, 0.15) is 27.7 Å². The van der Waals surface area contributed by atoms with Crippen LogP contribution in [0, 0.1) is 0 Å². The lowest BCUT2D eigenvalue weighted by Crippen LogP contribution is -2.70. The molecule has 0 spiro atoms. The molecule has 0 saturated carbocycles. The summed E-state index contributed by atoms with van der Waals surface area (Å²) in [6.45, 7) is 2.43. The monoisotopic (exact) mass is 370 g/mol. The zero-order valence-electron chi connectivity index (χ0n) is 13.5. The van der Waals surface area contributed by atoms with Gasteiger partial charge >= 0.3 is 0 Å². The highest BCUT2D eigenvalue weighted by Crippen LogP contribution is 2.35. The van der Waals surface area contributed by atoms with E-state index in [-0.39, 0.29) is 13.8 Å². The molecule has 7 N–H and O–H groups in total. The lowest BCUT2D eigenvalue weighted by molar-refractivity contribution is -0.423. The van der Waals surface area contributed by atoms with Crippen LogP contribution in [0.4, 0.5) is 0 Å². The summed E-state index contributed by atoms with van der Waals surface area (Å²) in [5.41, 5.74) is 0. The predicted molar refractivity (Wildman–Crippen MR) is 83.2 cm³/mol. The van der Waals surface area contributed by atoms with Crippen LogP contribution in [-0.2, 0) is 14.2 Å². The molecule has 25 heavy (non-hydrogen) atoms. The number of ether oxygens (including phenoxy) is 3. The van der Waals surface area contributed by atoms with E-state index in [1.165, 1.54) is 6.92 Å². The van der Waals surface area contributed by atoms with Gasteiger partial charge in [0.15, 0.2) is 6.29 Å². The minimum atomic E-state index is -2.61. The van der Waals surface area contributed by atoms with E-state index >= 15 is 0 Å². The molecule has 10 heteroatoms. The molecule has 2 aliphatic rings. The fourth-order valence-electron chi connectivity index (χ4n) is 3.02. The zero-order valence-corrected chi connectivity index (χ0v) is 13.5. The van der Waals surface area contributed by atoms with Gasteiger partial charge in [-0.1, -0.05) is 14.4 Å². The Hall–Kier alpha value is -0.400. The van der Waals surface area contributed by atoms with Crippen LogP contribution in [0.15, 0.2) is 0 Å². The molecule has 0 bridgehead atoms. The number of hydrogen-bond donors (Lipinski definition) is 7. The molecule has 2 heterocycles. The highest BCUT2D eigenvalue weighted by atomic mass is 16.8. The third kappa shape index (κ3) is 3.98. The second-order valence-corrected chi connectivity index (χ2v) is 6.24. The largest absolute Gasteiger partial charge is 0.394 e. The lowest BCUT2D eigenvalue weighted by atomic mass is 9.91. The van der Waals surface area contributed by atoms with Crippen molar-refractivity contribution in [3.63, 3.8) is 0 Å². The van der Waals surface area contributed by atoms with E-state index in [1.54, 1.807) is 6.92 Å². The van der Waals surface area contributed by atoms with Crippen molar-refractivity contribution in [2.75, 3.05) is 6.61 Å². The molecule has 4 unspecified atom stereocenters. The molecule has 0 amide bonds. The van der Waals surface area contributed by atoms with Crippen LogP contribution in [0.5, 0.6) is 0 Å². The molecule has 10 atom stereocenters. The van der Waals surface area contributed by atoms with E-state index in [9.17, 15) is 35.7 Å². The minimum absolute atomic E-state index is 0. The average Bonchev–Trinajstić information content (AvgIpc) is 2.57. The van der Waals surface area contributed by atoms with Gasteiger partial charge in [0.2, 0.25) is 5.79 Å². The Morgan fingerprint density at radius 3 is 2.04 bits per heavy atom. The van der Waals surface area contributed by atoms with Gasteiger partial charge in [0.25, 0.3) is 0 Å².